The Kier molecular flexibility index (Phi) is 7.26. The van der Waals surface area contributed by atoms with E-state index in [0.29, 0.717) is 17.7 Å². The van der Waals surface area contributed by atoms with E-state index >= 15 is 0 Å². The van der Waals surface area contributed by atoms with Gasteiger partial charge in [-0.15, -0.1) is 0 Å². The highest BCUT2D eigenvalue weighted by molar-refractivity contribution is 6.30. The van der Waals surface area contributed by atoms with Gasteiger partial charge in [0.25, 0.3) is 0 Å². The van der Waals surface area contributed by atoms with Crippen molar-refractivity contribution in [2.24, 2.45) is 0 Å². The molecule has 116 valence electrons. The molecule has 0 radical (unpaired) electrons. The molecule has 1 unspecified atom stereocenters. The fraction of sp³-hybridized carbons (Fsp3) is 0.438. The molecule has 0 aliphatic rings. The van der Waals surface area contributed by atoms with E-state index < -0.39 is 5.97 Å². The summed E-state index contributed by atoms with van der Waals surface area (Å²) in [5.74, 6) is -0.979. The van der Waals surface area contributed by atoms with Gasteiger partial charge in [-0.3, -0.25) is 0 Å². The van der Waals surface area contributed by atoms with Gasteiger partial charge in [0.05, 0.1) is 6.61 Å². The van der Waals surface area contributed by atoms with Crippen LogP contribution in [0.4, 0.5) is 5.69 Å². The number of aliphatic carboxylic acids is 1. The molecule has 0 fully saturated rings. The van der Waals surface area contributed by atoms with Crippen molar-refractivity contribution in [3.63, 3.8) is 0 Å². The van der Waals surface area contributed by atoms with Gasteiger partial charge >= 0.3 is 5.97 Å². The van der Waals surface area contributed by atoms with Crippen LogP contribution in [0.1, 0.15) is 25.8 Å². The predicted molar refractivity (Wildman–Crippen MR) is 87.1 cm³/mol. The van der Waals surface area contributed by atoms with Crippen molar-refractivity contribution in [1.29, 1.82) is 0 Å². The van der Waals surface area contributed by atoms with Crippen molar-refractivity contribution >= 4 is 29.3 Å². The van der Waals surface area contributed by atoms with Crippen molar-refractivity contribution in [1.82, 2.24) is 0 Å². The Balaban J connectivity index is 3.19. The molecule has 0 saturated carbocycles. The van der Waals surface area contributed by atoms with E-state index in [9.17, 15) is 4.79 Å². The maximum atomic E-state index is 10.7. The number of anilines is 1. The fourth-order valence-corrected chi connectivity index (χ4v) is 2.25. The Morgan fingerprint density at radius 3 is 2.81 bits per heavy atom. The molecule has 21 heavy (non-hydrogen) atoms. The molecule has 1 rings (SSSR count). The number of carboxylic acids is 1. The Morgan fingerprint density at radius 2 is 2.24 bits per heavy atom. The third-order valence-electron chi connectivity index (χ3n) is 3.36. The van der Waals surface area contributed by atoms with Gasteiger partial charge in [-0.1, -0.05) is 18.5 Å². The number of halogens is 1. The van der Waals surface area contributed by atoms with E-state index in [1.165, 1.54) is 0 Å². The predicted octanol–water partition coefficient (Wildman–Crippen LogP) is 3.69. The third-order valence-corrected chi connectivity index (χ3v) is 3.60. The van der Waals surface area contributed by atoms with Crippen molar-refractivity contribution in [2.75, 3.05) is 25.2 Å². The number of hydrogen-bond acceptors (Lipinski definition) is 3. The first kappa shape index (κ1) is 17.5. The molecule has 1 N–H and O–H groups in total. The highest BCUT2D eigenvalue weighted by atomic mass is 35.5. The van der Waals surface area contributed by atoms with Gasteiger partial charge < -0.3 is 14.7 Å². The lowest BCUT2D eigenvalue weighted by molar-refractivity contribution is -0.131. The molecule has 0 aliphatic carbocycles. The van der Waals surface area contributed by atoms with Crippen LogP contribution in [0.15, 0.2) is 24.3 Å². The second-order valence-corrected chi connectivity index (χ2v) is 5.25. The van der Waals surface area contributed by atoms with Crippen LogP contribution in [0.25, 0.3) is 6.08 Å². The molecule has 0 spiro atoms. The summed E-state index contributed by atoms with van der Waals surface area (Å²) in [6.45, 7) is 5.60. The first-order valence-corrected chi connectivity index (χ1v) is 7.33. The number of ether oxygens (including phenoxy) is 1. The van der Waals surface area contributed by atoms with Crippen LogP contribution in [0.2, 0.25) is 5.02 Å². The summed E-state index contributed by atoms with van der Waals surface area (Å²) >= 11 is 6.03. The van der Waals surface area contributed by atoms with Gasteiger partial charge in [-0.25, -0.2) is 4.79 Å². The summed E-state index contributed by atoms with van der Waals surface area (Å²) in [5, 5.41) is 9.40. The number of hydrogen-bond donors (Lipinski definition) is 1. The molecule has 5 heteroatoms. The Morgan fingerprint density at radius 1 is 1.52 bits per heavy atom. The molecule has 0 amide bonds. The number of nitrogens with zero attached hydrogens (tertiary/aromatic N) is 1. The Bertz CT molecular complexity index is 502. The highest BCUT2D eigenvalue weighted by Gasteiger charge is 2.15. The maximum absolute atomic E-state index is 10.7. The van der Waals surface area contributed by atoms with Crippen molar-refractivity contribution in [3.8, 4) is 0 Å². The van der Waals surface area contributed by atoms with Gasteiger partial charge in [0.1, 0.15) is 0 Å². The SMILES string of the molecule is CCC(C)N(CCOC)c1ccc(Cl)cc1/C=C/C(=O)O. The van der Waals surface area contributed by atoms with Crippen molar-refractivity contribution in [2.45, 2.75) is 26.3 Å². The molecule has 1 atom stereocenters. The van der Waals surface area contributed by atoms with E-state index in [4.69, 9.17) is 21.4 Å². The minimum atomic E-state index is -0.979. The number of benzene rings is 1. The Labute approximate surface area is 131 Å². The quantitative estimate of drug-likeness (QED) is 0.744. The number of carboxylic acid groups (broad SMARTS) is 1. The molecular formula is C16H22ClNO3. The number of methoxy groups -OCH3 is 1. The first-order chi connectivity index (χ1) is 9.99. The topological polar surface area (TPSA) is 49.8 Å². The van der Waals surface area contributed by atoms with E-state index in [-0.39, 0.29) is 0 Å². The van der Waals surface area contributed by atoms with Crippen LogP contribution in [-0.4, -0.2) is 37.4 Å². The van der Waals surface area contributed by atoms with Gasteiger partial charge in [0.15, 0.2) is 0 Å². The average molecular weight is 312 g/mol. The maximum Gasteiger partial charge on any atom is 0.328 e. The van der Waals surface area contributed by atoms with E-state index in [1.807, 2.05) is 12.1 Å². The molecule has 0 saturated heterocycles. The largest absolute Gasteiger partial charge is 0.478 e. The third kappa shape index (κ3) is 5.40. The van der Waals surface area contributed by atoms with Crippen LogP contribution in [-0.2, 0) is 9.53 Å². The lowest BCUT2D eigenvalue weighted by atomic mass is 10.1. The average Bonchev–Trinajstić information content (AvgIpc) is 2.46. The molecule has 0 bridgehead atoms. The van der Waals surface area contributed by atoms with Gasteiger partial charge in [0, 0.05) is 36.5 Å². The summed E-state index contributed by atoms with van der Waals surface area (Å²) in [5.41, 5.74) is 1.75. The molecule has 4 nitrogen and oxygen atoms in total. The monoisotopic (exact) mass is 311 g/mol. The zero-order valence-electron chi connectivity index (χ0n) is 12.7. The lowest BCUT2D eigenvalue weighted by Gasteiger charge is -2.32. The van der Waals surface area contributed by atoms with Gasteiger partial charge in [0.2, 0.25) is 0 Å². The highest BCUT2D eigenvalue weighted by Crippen LogP contribution is 2.27. The summed E-state index contributed by atoms with van der Waals surface area (Å²) in [7, 11) is 1.67. The molecular weight excluding hydrogens is 290 g/mol. The van der Waals surface area contributed by atoms with Crippen LogP contribution in [0.3, 0.4) is 0 Å². The van der Waals surface area contributed by atoms with Crippen molar-refractivity contribution < 1.29 is 14.6 Å². The molecule has 0 aromatic heterocycles. The molecule has 1 aromatic carbocycles. The zero-order chi connectivity index (χ0) is 15.8. The normalized spacial score (nSPS) is 12.6. The van der Waals surface area contributed by atoms with Gasteiger partial charge in [-0.05, 0) is 43.2 Å². The van der Waals surface area contributed by atoms with Crippen LogP contribution in [0.5, 0.6) is 0 Å². The lowest BCUT2D eigenvalue weighted by Crippen LogP contribution is -2.35. The second-order valence-electron chi connectivity index (χ2n) is 4.82. The molecule has 0 heterocycles. The summed E-state index contributed by atoms with van der Waals surface area (Å²) in [6, 6.07) is 5.83. The Hall–Kier alpha value is -1.52. The zero-order valence-corrected chi connectivity index (χ0v) is 13.4. The smallest absolute Gasteiger partial charge is 0.328 e. The first-order valence-electron chi connectivity index (χ1n) is 6.95. The fourth-order valence-electron chi connectivity index (χ4n) is 2.07. The van der Waals surface area contributed by atoms with E-state index in [2.05, 4.69) is 18.7 Å². The summed E-state index contributed by atoms with van der Waals surface area (Å²) in [4.78, 5) is 13.0. The van der Waals surface area contributed by atoms with Crippen LogP contribution < -0.4 is 4.90 Å². The van der Waals surface area contributed by atoms with Crippen LogP contribution >= 0.6 is 11.6 Å². The standard InChI is InChI=1S/C16H22ClNO3/c1-4-12(2)18(9-10-21-3)15-7-6-14(17)11-13(15)5-8-16(19)20/h5-8,11-12H,4,9-10H2,1-3H3,(H,19,20)/b8-5+. The molecule has 0 aliphatic heterocycles. The van der Waals surface area contributed by atoms with E-state index in [1.54, 1.807) is 19.3 Å². The number of rotatable bonds is 8. The second kappa shape index (κ2) is 8.70. The minimum absolute atomic E-state index is 0.318. The van der Waals surface area contributed by atoms with Crippen molar-refractivity contribution in [3.05, 3.63) is 34.9 Å². The summed E-state index contributed by atoms with van der Waals surface area (Å²) in [6.07, 6.45) is 3.68. The number of carbonyl (C=O) groups is 1. The molecule has 1 aromatic rings. The van der Waals surface area contributed by atoms with E-state index in [0.717, 1.165) is 30.3 Å². The van der Waals surface area contributed by atoms with Gasteiger partial charge in [-0.2, -0.15) is 0 Å². The van der Waals surface area contributed by atoms with Crippen LogP contribution in [0, 0.1) is 0 Å². The summed E-state index contributed by atoms with van der Waals surface area (Å²) < 4.78 is 5.17. The minimum Gasteiger partial charge on any atom is -0.478 e.